The van der Waals surface area contributed by atoms with E-state index in [9.17, 15) is 0 Å². The van der Waals surface area contributed by atoms with Gasteiger partial charge >= 0.3 is 0 Å². The zero-order valence-electron chi connectivity index (χ0n) is 15.6. The molecule has 3 rings (SSSR count). The van der Waals surface area contributed by atoms with Gasteiger partial charge in [-0.1, -0.05) is 34.7 Å². The van der Waals surface area contributed by atoms with Crippen molar-refractivity contribution in [2.75, 3.05) is 33.3 Å². The van der Waals surface area contributed by atoms with E-state index in [0.717, 1.165) is 28.9 Å². The molecule has 140 valence electrons. The van der Waals surface area contributed by atoms with Gasteiger partial charge in [0.05, 0.1) is 10.7 Å². The van der Waals surface area contributed by atoms with E-state index >= 15 is 0 Å². The molecule has 0 spiro atoms. The molecule has 0 aliphatic carbocycles. The van der Waals surface area contributed by atoms with Crippen molar-refractivity contribution in [3.8, 4) is 5.75 Å². The Labute approximate surface area is 167 Å². The topological polar surface area (TPSA) is 15.7 Å². The molecule has 0 saturated carbocycles. The molecular weight excluding hydrogens is 423 g/mol. The van der Waals surface area contributed by atoms with Crippen LogP contribution < -0.4 is 4.74 Å². The molecule has 25 heavy (non-hydrogen) atoms. The number of nitrogens with zero attached hydrogens (tertiary/aromatic N) is 2. The quantitative estimate of drug-likeness (QED) is 0.244. The van der Waals surface area contributed by atoms with Crippen molar-refractivity contribution in [3.63, 3.8) is 0 Å². The van der Waals surface area contributed by atoms with Crippen LogP contribution in [0, 0.1) is 0 Å². The molecule has 2 atom stereocenters. The molecular formula is C21H33IN2O. The SMILES string of the molecule is CN1CCCC1CCc1ccc(OCCCN2CCCCC2I)cc1. The van der Waals surface area contributed by atoms with E-state index in [2.05, 4.69) is 63.7 Å². The number of alkyl halides is 1. The van der Waals surface area contributed by atoms with Crippen molar-refractivity contribution in [1.82, 2.24) is 9.80 Å². The summed E-state index contributed by atoms with van der Waals surface area (Å²) in [7, 11) is 2.26. The van der Waals surface area contributed by atoms with E-state index in [1.54, 1.807) is 0 Å². The highest BCUT2D eigenvalue weighted by Gasteiger charge is 2.20. The summed E-state index contributed by atoms with van der Waals surface area (Å²) in [5, 5.41) is 0. The van der Waals surface area contributed by atoms with E-state index in [1.807, 2.05) is 0 Å². The first-order valence-corrected chi connectivity index (χ1v) is 11.3. The van der Waals surface area contributed by atoms with Crippen molar-refractivity contribution in [1.29, 1.82) is 0 Å². The number of rotatable bonds is 8. The Morgan fingerprint density at radius 1 is 1.08 bits per heavy atom. The van der Waals surface area contributed by atoms with Crippen LogP contribution in [-0.4, -0.2) is 53.2 Å². The molecule has 0 amide bonds. The van der Waals surface area contributed by atoms with Gasteiger partial charge in [0.2, 0.25) is 0 Å². The van der Waals surface area contributed by atoms with E-state index < -0.39 is 0 Å². The van der Waals surface area contributed by atoms with Gasteiger partial charge in [-0.05, 0) is 89.2 Å². The van der Waals surface area contributed by atoms with Crippen LogP contribution in [0.5, 0.6) is 5.75 Å². The number of ether oxygens (including phenoxy) is 1. The summed E-state index contributed by atoms with van der Waals surface area (Å²) in [4.78, 5) is 5.12. The lowest BCUT2D eigenvalue weighted by Gasteiger charge is -2.31. The summed E-state index contributed by atoms with van der Waals surface area (Å²) in [6.07, 6.45) is 10.4. The Balaban J connectivity index is 1.33. The van der Waals surface area contributed by atoms with Gasteiger partial charge in [-0.15, -0.1) is 0 Å². The number of benzene rings is 1. The van der Waals surface area contributed by atoms with Gasteiger partial charge in [-0.25, -0.2) is 0 Å². The van der Waals surface area contributed by atoms with Gasteiger partial charge in [0, 0.05) is 12.6 Å². The summed E-state index contributed by atoms with van der Waals surface area (Å²) in [5.41, 5.74) is 1.44. The molecule has 2 saturated heterocycles. The molecule has 1 aromatic carbocycles. The molecule has 0 bridgehead atoms. The van der Waals surface area contributed by atoms with Crippen LogP contribution in [0.25, 0.3) is 0 Å². The Hall–Kier alpha value is -0.330. The molecule has 2 fully saturated rings. The van der Waals surface area contributed by atoms with Gasteiger partial charge in [-0.2, -0.15) is 0 Å². The minimum absolute atomic E-state index is 0.726. The van der Waals surface area contributed by atoms with Gasteiger partial charge in [0.15, 0.2) is 0 Å². The summed E-state index contributed by atoms with van der Waals surface area (Å²) in [6, 6.07) is 9.57. The standard InChI is InChI=1S/C21H33IN2O/c1-23-14-4-6-19(23)11-8-18-9-12-20(13-10-18)25-17-5-16-24-15-3-2-7-21(24)22/h9-10,12-13,19,21H,2-8,11,14-17H2,1H3. The maximum Gasteiger partial charge on any atom is 0.119 e. The second kappa shape index (κ2) is 10.1. The molecule has 3 nitrogen and oxygen atoms in total. The van der Waals surface area contributed by atoms with Crippen molar-refractivity contribution in [2.45, 2.75) is 61.5 Å². The summed E-state index contributed by atoms with van der Waals surface area (Å²) < 4.78 is 6.67. The average Bonchev–Trinajstić information content (AvgIpc) is 3.04. The Kier molecular flexibility index (Phi) is 7.87. The van der Waals surface area contributed by atoms with Crippen molar-refractivity contribution in [3.05, 3.63) is 29.8 Å². The van der Waals surface area contributed by atoms with E-state index in [-0.39, 0.29) is 0 Å². The predicted molar refractivity (Wildman–Crippen MR) is 114 cm³/mol. The fraction of sp³-hybridized carbons (Fsp3) is 0.714. The van der Waals surface area contributed by atoms with Crippen molar-refractivity contribution in [2.24, 2.45) is 0 Å². The van der Waals surface area contributed by atoms with Crippen LogP contribution in [0.4, 0.5) is 0 Å². The average molecular weight is 456 g/mol. The highest BCUT2D eigenvalue weighted by molar-refractivity contribution is 14.1. The maximum absolute atomic E-state index is 5.94. The number of halogens is 1. The summed E-state index contributed by atoms with van der Waals surface area (Å²) in [6.45, 7) is 4.53. The number of hydrogen-bond acceptors (Lipinski definition) is 3. The predicted octanol–water partition coefficient (Wildman–Crippen LogP) is 4.73. The molecule has 1 aromatic rings. The highest BCUT2D eigenvalue weighted by atomic mass is 127. The first kappa shape index (κ1) is 19.4. The molecule has 0 aromatic heterocycles. The molecule has 4 heteroatoms. The highest BCUT2D eigenvalue weighted by Crippen LogP contribution is 2.23. The van der Waals surface area contributed by atoms with Crippen LogP contribution >= 0.6 is 22.6 Å². The number of piperidine rings is 1. The second-order valence-corrected chi connectivity index (χ2v) is 9.07. The lowest BCUT2D eigenvalue weighted by atomic mass is 10.0. The smallest absolute Gasteiger partial charge is 0.119 e. The number of hydrogen-bond donors (Lipinski definition) is 0. The molecule has 2 unspecified atom stereocenters. The van der Waals surface area contributed by atoms with Crippen LogP contribution in [0.15, 0.2) is 24.3 Å². The van der Waals surface area contributed by atoms with Gasteiger partial charge in [-0.3, -0.25) is 4.90 Å². The fourth-order valence-electron chi connectivity index (χ4n) is 4.09. The second-order valence-electron chi connectivity index (χ2n) is 7.63. The Morgan fingerprint density at radius 3 is 2.64 bits per heavy atom. The first-order valence-electron chi connectivity index (χ1n) is 10.0. The third-order valence-electron chi connectivity index (χ3n) is 5.75. The largest absolute Gasteiger partial charge is 0.494 e. The molecule has 0 radical (unpaired) electrons. The van der Waals surface area contributed by atoms with Crippen molar-refractivity contribution < 1.29 is 4.74 Å². The third-order valence-corrected chi connectivity index (χ3v) is 7.16. The molecule has 2 aliphatic rings. The minimum atomic E-state index is 0.726. The van der Waals surface area contributed by atoms with Crippen LogP contribution in [0.2, 0.25) is 0 Å². The van der Waals surface area contributed by atoms with E-state index in [4.69, 9.17) is 4.74 Å². The van der Waals surface area contributed by atoms with Crippen LogP contribution in [0.1, 0.15) is 50.5 Å². The molecule has 0 N–H and O–H groups in total. The van der Waals surface area contributed by atoms with Gasteiger partial charge < -0.3 is 9.64 Å². The zero-order chi connectivity index (χ0) is 17.5. The normalized spacial score (nSPS) is 25.4. The fourth-order valence-corrected chi connectivity index (χ4v) is 5.09. The van der Waals surface area contributed by atoms with Crippen LogP contribution in [0.3, 0.4) is 0 Å². The van der Waals surface area contributed by atoms with Crippen LogP contribution in [-0.2, 0) is 6.42 Å². The van der Waals surface area contributed by atoms with Gasteiger partial charge in [0.1, 0.15) is 5.75 Å². The Bertz CT molecular complexity index is 507. The van der Waals surface area contributed by atoms with Gasteiger partial charge in [0.25, 0.3) is 0 Å². The van der Waals surface area contributed by atoms with E-state index in [0.29, 0.717) is 0 Å². The maximum atomic E-state index is 5.94. The number of aryl methyl sites for hydroxylation is 1. The molecule has 2 heterocycles. The van der Waals surface area contributed by atoms with Crippen molar-refractivity contribution >= 4 is 22.6 Å². The number of likely N-dealkylation sites (tertiary alicyclic amines) is 2. The minimum Gasteiger partial charge on any atom is -0.494 e. The zero-order valence-corrected chi connectivity index (χ0v) is 17.8. The summed E-state index contributed by atoms with van der Waals surface area (Å²) >= 11 is 2.59. The first-order chi connectivity index (χ1) is 12.2. The third kappa shape index (κ3) is 6.10. The Morgan fingerprint density at radius 2 is 1.92 bits per heavy atom. The van der Waals surface area contributed by atoms with E-state index in [1.165, 1.54) is 70.1 Å². The summed E-state index contributed by atoms with van der Waals surface area (Å²) in [5.74, 6) is 1.02. The lowest BCUT2D eigenvalue weighted by molar-refractivity contribution is 0.195. The molecule has 2 aliphatic heterocycles. The monoisotopic (exact) mass is 456 g/mol. The lowest BCUT2D eigenvalue weighted by Crippen LogP contribution is -2.36.